The number of aromatic amines is 1. The third kappa shape index (κ3) is 2.97. The molecule has 1 N–H and O–H groups in total. The third-order valence-corrected chi connectivity index (χ3v) is 3.97. The quantitative estimate of drug-likeness (QED) is 0.750. The maximum atomic E-state index is 12.5. The lowest BCUT2D eigenvalue weighted by Gasteiger charge is -2.13. The summed E-state index contributed by atoms with van der Waals surface area (Å²) in [6.45, 7) is 1.86. The summed E-state index contributed by atoms with van der Waals surface area (Å²) < 4.78 is 0. The normalized spacial score (nSPS) is 10.2. The molecule has 3 rings (SSSR count). The van der Waals surface area contributed by atoms with Crippen LogP contribution >= 0.6 is 11.6 Å². The molecule has 0 aliphatic rings. The lowest BCUT2D eigenvalue weighted by molar-refractivity contribution is 1.02. The number of nitrogens with one attached hydrogen (secondary N) is 1. The fourth-order valence-electron chi connectivity index (χ4n) is 2.57. The van der Waals surface area contributed by atoms with Crippen molar-refractivity contribution in [2.24, 2.45) is 0 Å². The lowest BCUT2D eigenvalue weighted by Crippen LogP contribution is -2.27. The van der Waals surface area contributed by atoms with E-state index >= 15 is 0 Å². The molecule has 0 saturated heterocycles. The number of H-pyrrole nitrogens is 1. The Kier molecular flexibility index (Phi) is 4.50. The van der Waals surface area contributed by atoms with E-state index in [-0.39, 0.29) is 5.56 Å². The predicted molar refractivity (Wildman–Crippen MR) is 96.7 cm³/mol. The van der Waals surface area contributed by atoms with Gasteiger partial charge in [-0.15, -0.1) is 0 Å². The van der Waals surface area contributed by atoms with Crippen molar-refractivity contribution < 1.29 is 0 Å². The van der Waals surface area contributed by atoms with Crippen molar-refractivity contribution in [3.8, 4) is 28.3 Å². The van der Waals surface area contributed by atoms with Crippen molar-refractivity contribution >= 4 is 24.5 Å². The summed E-state index contributed by atoms with van der Waals surface area (Å²) in [4.78, 5) is 12.5. The average Bonchev–Trinajstić information content (AvgIpc) is 2.62. The first-order valence-electron chi connectivity index (χ1n) is 7.32. The van der Waals surface area contributed by atoms with Crippen molar-refractivity contribution in [2.45, 2.75) is 6.82 Å². The summed E-state index contributed by atoms with van der Waals surface area (Å²) in [6, 6.07) is 16.3. The average molecular weight is 333 g/mol. The third-order valence-electron chi connectivity index (χ3n) is 3.72. The highest BCUT2D eigenvalue weighted by Crippen LogP contribution is 2.28. The Morgan fingerprint density at radius 1 is 1.04 bits per heavy atom. The summed E-state index contributed by atoms with van der Waals surface area (Å²) in [6.07, 6.45) is 0. The molecule has 0 spiro atoms. The van der Waals surface area contributed by atoms with Crippen LogP contribution in [0.1, 0.15) is 5.56 Å². The summed E-state index contributed by atoms with van der Waals surface area (Å²) in [7, 11) is 1.84. The van der Waals surface area contributed by atoms with Crippen LogP contribution in [0.5, 0.6) is 0 Å². The predicted octanol–water partition coefficient (Wildman–Crippen LogP) is 3.01. The molecule has 2 aromatic carbocycles. The van der Waals surface area contributed by atoms with Crippen LogP contribution in [-0.4, -0.2) is 17.5 Å². The molecule has 0 aliphatic heterocycles. The van der Waals surface area contributed by atoms with Gasteiger partial charge in [0, 0.05) is 16.2 Å². The summed E-state index contributed by atoms with van der Waals surface area (Å²) in [5, 5.41) is 16.2. The van der Waals surface area contributed by atoms with Gasteiger partial charge in [0.05, 0.1) is 17.2 Å². The molecular formula is C18H12BClN3O. The Balaban J connectivity index is 2.30. The second-order valence-corrected chi connectivity index (χ2v) is 5.61. The van der Waals surface area contributed by atoms with Crippen molar-refractivity contribution in [2.75, 3.05) is 0 Å². The van der Waals surface area contributed by atoms with Crippen LogP contribution in [0.4, 0.5) is 0 Å². The summed E-state index contributed by atoms with van der Waals surface area (Å²) >= 11 is 5.97. The van der Waals surface area contributed by atoms with Gasteiger partial charge in [-0.3, -0.25) is 4.79 Å². The molecule has 1 radical (unpaired) electrons. The Morgan fingerprint density at radius 3 is 2.21 bits per heavy atom. The standard InChI is InChI=1S/C18H12BClN3O/c1-19-17-15(12-6-8-14(20)9-7-12)16(18(24)23-22-17)13-4-2-11(10-21)3-5-13/h2-9H,1H3,(H,23,24). The molecule has 3 aromatic rings. The fraction of sp³-hybridized carbons (Fsp3) is 0.0556. The molecule has 0 unspecified atom stereocenters. The van der Waals surface area contributed by atoms with E-state index in [1.165, 1.54) is 0 Å². The number of nitriles is 1. The van der Waals surface area contributed by atoms with Crippen molar-refractivity contribution in [1.82, 2.24) is 10.2 Å². The molecule has 4 nitrogen and oxygen atoms in total. The van der Waals surface area contributed by atoms with E-state index in [1.54, 1.807) is 36.4 Å². The highest BCUT2D eigenvalue weighted by molar-refractivity contribution is 6.53. The largest absolute Gasteiger partial charge is 0.272 e. The monoisotopic (exact) mass is 332 g/mol. The highest BCUT2D eigenvalue weighted by atomic mass is 35.5. The molecule has 0 fully saturated rings. The number of hydrogen-bond acceptors (Lipinski definition) is 3. The minimum atomic E-state index is -0.282. The first-order valence-corrected chi connectivity index (χ1v) is 7.70. The fourth-order valence-corrected chi connectivity index (χ4v) is 2.69. The van der Waals surface area contributed by atoms with Crippen LogP contribution in [0.15, 0.2) is 53.3 Å². The number of benzene rings is 2. The molecule has 1 heterocycles. The number of rotatable bonds is 3. The van der Waals surface area contributed by atoms with Gasteiger partial charge in [-0.2, -0.15) is 10.4 Å². The number of aromatic nitrogens is 2. The van der Waals surface area contributed by atoms with E-state index in [9.17, 15) is 4.79 Å². The van der Waals surface area contributed by atoms with Crippen LogP contribution in [0.25, 0.3) is 22.3 Å². The van der Waals surface area contributed by atoms with Crippen molar-refractivity contribution in [1.29, 1.82) is 5.26 Å². The SMILES string of the molecule is C[B]c1n[nH]c(=O)c(-c2ccc(C#N)cc2)c1-c1ccc(Cl)cc1. The molecule has 115 valence electrons. The zero-order chi connectivity index (χ0) is 17.1. The van der Waals surface area contributed by atoms with E-state index in [0.29, 0.717) is 21.7 Å². The molecule has 6 heteroatoms. The van der Waals surface area contributed by atoms with Crippen molar-refractivity contribution in [3.63, 3.8) is 0 Å². The van der Waals surface area contributed by atoms with E-state index in [0.717, 1.165) is 16.7 Å². The van der Waals surface area contributed by atoms with Gasteiger partial charge in [-0.1, -0.05) is 42.7 Å². The smallest absolute Gasteiger partial charge is 0.267 e. The first-order chi connectivity index (χ1) is 11.6. The van der Waals surface area contributed by atoms with Gasteiger partial charge in [0.2, 0.25) is 0 Å². The van der Waals surface area contributed by atoms with Gasteiger partial charge < -0.3 is 0 Å². The lowest BCUT2D eigenvalue weighted by atomic mass is 9.72. The van der Waals surface area contributed by atoms with E-state index in [1.807, 2.05) is 26.2 Å². The Labute approximate surface area is 145 Å². The van der Waals surface area contributed by atoms with Crippen LogP contribution in [0.2, 0.25) is 11.8 Å². The number of halogens is 1. The first kappa shape index (κ1) is 16.0. The molecule has 0 atom stereocenters. The summed E-state index contributed by atoms with van der Waals surface area (Å²) in [5.74, 6) is 0. The Morgan fingerprint density at radius 2 is 1.62 bits per heavy atom. The minimum Gasteiger partial charge on any atom is -0.267 e. The van der Waals surface area contributed by atoms with Gasteiger partial charge in [-0.05, 0) is 35.4 Å². The Hall–Kier alpha value is -2.84. The van der Waals surface area contributed by atoms with Gasteiger partial charge in [-0.25, -0.2) is 5.10 Å². The molecular weight excluding hydrogens is 320 g/mol. The number of hydrogen-bond donors (Lipinski definition) is 1. The second kappa shape index (κ2) is 6.73. The minimum absolute atomic E-state index is 0.282. The van der Waals surface area contributed by atoms with E-state index < -0.39 is 0 Å². The van der Waals surface area contributed by atoms with E-state index in [2.05, 4.69) is 16.3 Å². The molecule has 24 heavy (non-hydrogen) atoms. The van der Waals surface area contributed by atoms with E-state index in [4.69, 9.17) is 16.9 Å². The molecule has 0 bridgehead atoms. The maximum absolute atomic E-state index is 12.5. The van der Waals surface area contributed by atoms with Gasteiger partial charge in [0.25, 0.3) is 5.56 Å². The molecule has 1 aromatic heterocycles. The zero-order valence-corrected chi connectivity index (χ0v) is 13.6. The highest BCUT2D eigenvalue weighted by Gasteiger charge is 2.17. The topological polar surface area (TPSA) is 69.5 Å². The van der Waals surface area contributed by atoms with Gasteiger partial charge >= 0.3 is 0 Å². The molecule has 0 aliphatic carbocycles. The van der Waals surface area contributed by atoms with Crippen LogP contribution in [0.3, 0.4) is 0 Å². The van der Waals surface area contributed by atoms with Crippen LogP contribution in [0, 0.1) is 11.3 Å². The summed E-state index contributed by atoms with van der Waals surface area (Å²) in [5.41, 5.74) is 3.77. The molecule has 0 amide bonds. The van der Waals surface area contributed by atoms with Gasteiger partial charge in [0.1, 0.15) is 0 Å². The molecule has 0 saturated carbocycles. The second-order valence-electron chi connectivity index (χ2n) is 5.17. The van der Waals surface area contributed by atoms with Gasteiger partial charge in [0.15, 0.2) is 7.28 Å². The number of nitrogens with zero attached hydrogens (tertiary/aromatic N) is 2. The zero-order valence-electron chi connectivity index (χ0n) is 12.9. The maximum Gasteiger partial charge on any atom is 0.272 e. The van der Waals surface area contributed by atoms with Crippen molar-refractivity contribution in [3.05, 3.63) is 69.5 Å². The Bertz CT molecular complexity index is 973. The van der Waals surface area contributed by atoms with Crippen LogP contribution in [-0.2, 0) is 0 Å². The van der Waals surface area contributed by atoms with Crippen LogP contribution < -0.4 is 11.2 Å².